The number of amides is 1. The molecule has 1 saturated heterocycles. The maximum atomic E-state index is 11.7. The van der Waals surface area contributed by atoms with Gasteiger partial charge in [-0.1, -0.05) is 12.1 Å². The van der Waals surface area contributed by atoms with E-state index in [1.165, 1.54) is 0 Å². The Labute approximate surface area is 200 Å². The zero-order valence-corrected chi connectivity index (χ0v) is 20.1. The van der Waals surface area contributed by atoms with Crippen molar-refractivity contribution in [1.82, 2.24) is 29.2 Å². The highest BCUT2D eigenvalue weighted by Crippen LogP contribution is 2.38. The average molecular weight is 461 g/mol. The standard InChI is InChI=1S/C26H32N6O2/c1-18-16-31(17-27-18)23-8-6-20(15-24(23)34-3)7-9-25-28-26-22(5-4-12-32(26)29-25)21-10-13-30(14-11-21)19(2)33/h6-9,15-17,21-22H,4-5,10-14H2,1-3H3. The molecule has 2 aliphatic rings. The second-order valence-corrected chi connectivity index (χ2v) is 9.33. The Kier molecular flexibility index (Phi) is 6.22. The van der Waals surface area contributed by atoms with Crippen molar-refractivity contribution in [2.75, 3.05) is 20.2 Å². The van der Waals surface area contributed by atoms with Gasteiger partial charge in [0.25, 0.3) is 0 Å². The van der Waals surface area contributed by atoms with Crippen LogP contribution in [0.5, 0.6) is 5.75 Å². The summed E-state index contributed by atoms with van der Waals surface area (Å²) in [6.07, 6.45) is 12.2. The predicted octanol–water partition coefficient (Wildman–Crippen LogP) is 4.09. The molecule has 8 nitrogen and oxygen atoms in total. The topological polar surface area (TPSA) is 78.1 Å². The third-order valence-corrected chi connectivity index (χ3v) is 7.11. The molecule has 178 valence electrons. The maximum absolute atomic E-state index is 11.7. The summed E-state index contributed by atoms with van der Waals surface area (Å²) in [5.74, 6) is 3.82. The highest BCUT2D eigenvalue weighted by Gasteiger charge is 2.33. The second-order valence-electron chi connectivity index (χ2n) is 9.33. The van der Waals surface area contributed by atoms with E-state index in [0.717, 1.165) is 79.7 Å². The van der Waals surface area contributed by atoms with Crippen LogP contribution in [0.1, 0.15) is 61.4 Å². The minimum atomic E-state index is 0.183. The lowest BCUT2D eigenvalue weighted by atomic mass is 9.80. The molecule has 0 bridgehead atoms. The van der Waals surface area contributed by atoms with E-state index >= 15 is 0 Å². The minimum absolute atomic E-state index is 0.183. The van der Waals surface area contributed by atoms with E-state index in [-0.39, 0.29) is 5.91 Å². The largest absolute Gasteiger partial charge is 0.495 e. The predicted molar refractivity (Wildman–Crippen MR) is 131 cm³/mol. The molecule has 1 amide bonds. The lowest BCUT2D eigenvalue weighted by Crippen LogP contribution is -2.39. The van der Waals surface area contributed by atoms with Gasteiger partial charge >= 0.3 is 0 Å². The Bertz CT molecular complexity index is 1200. The smallest absolute Gasteiger partial charge is 0.219 e. The number of likely N-dealkylation sites (tertiary alicyclic amines) is 1. The van der Waals surface area contributed by atoms with E-state index in [1.807, 2.05) is 46.9 Å². The van der Waals surface area contributed by atoms with Gasteiger partial charge in [-0.05, 0) is 62.3 Å². The molecule has 0 radical (unpaired) electrons. The van der Waals surface area contributed by atoms with Crippen molar-refractivity contribution >= 4 is 18.1 Å². The fourth-order valence-corrected chi connectivity index (χ4v) is 5.27. The summed E-state index contributed by atoms with van der Waals surface area (Å²) < 4.78 is 9.69. The number of carbonyl (C=O) groups is 1. The van der Waals surface area contributed by atoms with Gasteiger partial charge in [-0.25, -0.2) is 14.6 Å². The molecular formula is C26H32N6O2. The van der Waals surface area contributed by atoms with Gasteiger partial charge in [0.05, 0.1) is 24.8 Å². The lowest BCUT2D eigenvalue weighted by molar-refractivity contribution is -0.130. The average Bonchev–Trinajstić information content (AvgIpc) is 3.48. The van der Waals surface area contributed by atoms with Gasteiger partial charge in [0.15, 0.2) is 5.82 Å². The van der Waals surface area contributed by atoms with Crippen LogP contribution in [-0.4, -0.2) is 55.3 Å². The second kappa shape index (κ2) is 9.44. The summed E-state index contributed by atoms with van der Waals surface area (Å²) in [5.41, 5.74) is 2.94. The lowest BCUT2D eigenvalue weighted by Gasteiger charge is -2.36. The van der Waals surface area contributed by atoms with Crippen molar-refractivity contribution in [2.24, 2.45) is 5.92 Å². The van der Waals surface area contributed by atoms with Gasteiger partial charge < -0.3 is 14.2 Å². The Morgan fingerprint density at radius 3 is 2.68 bits per heavy atom. The Morgan fingerprint density at radius 2 is 1.97 bits per heavy atom. The van der Waals surface area contributed by atoms with Crippen LogP contribution in [0.15, 0.2) is 30.7 Å². The number of aryl methyl sites for hydroxylation is 2. The molecule has 0 aliphatic carbocycles. The maximum Gasteiger partial charge on any atom is 0.219 e. The molecule has 2 aromatic heterocycles. The van der Waals surface area contributed by atoms with Crippen LogP contribution in [0.3, 0.4) is 0 Å². The SMILES string of the molecule is COc1cc(C=Cc2nc3n(n2)CCCC3C2CCN(C(C)=O)CC2)ccc1-n1cnc(C)c1. The van der Waals surface area contributed by atoms with E-state index in [4.69, 9.17) is 14.8 Å². The molecule has 0 spiro atoms. The monoisotopic (exact) mass is 460 g/mol. The van der Waals surface area contributed by atoms with E-state index in [1.54, 1.807) is 20.4 Å². The van der Waals surface area contributed by atoms with Crippen LogP contribution >= 0.6 is 0 Å². The highest BCUT2D eigenvalue weighted by molar-refractivity contribution is 5.73. The normalized spacial score (nSPS) is 18.9. The van der Waals surface area contributed by atoms with Gasteiger partial charge in [0.1, 0.15) is 11.6 Å². The number of piperidine rings is 1. The number of aromatic nitrogens is 5. The molecule has 5 rings (SSSR count). The summed E-state index contributed by atoms with van der Waals surface area (Å²) in [7, 11) is 1.68. The zero-order valence-electron chi connectivity index (χ0n) is 20.1. The number of methoxy groups -OCH3 is 1. The molecule has 0 saturated carbocycles. The number of carbonyl (C=O) groups excluding carboxylic acids is 1. The number of fused-ring (bicyclic) bond motifs is 1. The molecule has 34 heavy (non-hydrogen) atoms. The Balaban J connectivity index is 1.32. The Hall–Kier alpha value is -3.42. The molecule has 2 aliphatic heterocycles. The zero-order chi connectivity index (χ0) is 23.7. The molecule has 3 aromatic rings. The highest BCUT2D eigenvalue weighted by atomic mass is 16.5. The third kappa shape index (κ3) is 4.49. The summed E-state index contributed by atoms with van der Waals surface area (Å²) in [4.78, 5) is 22.9. The molecule has 1 atom stereocenters. The van der Waals surface area contributed by atoms with Crippen LogP contribution in [0.2, 0.25) is 0 Å². The van der Waals surface area contributed by atoms with E-state index in [9.17, 15) is 4.79 Å². The number of nitrogens with zero attached hydrogens (tertiary/aromatic N) is 6. The van der Waals surface area contributed by atoms with Crippen molar-refractivity contribution < 1.29 is 9.53 Å². The van der Waals surface area contributed by atoms with Gasteiger partial charge in [-0.15, -0.1) is 0 Å². The molecule has 1 unspecified atom stereocenters. The number of imidazole rings is 1. The number of hydrogen-bond donors (Lipinski definition) is 0. The van der Waals surface area contributed by atoms with Crippen LogP contribution in [0.25, 0.3) is 17.8 Å². The van der Waals surface area contributed by atoms with Gasteiger partial charge in [0, 0.05) is 38.7 Å². The quantitative estimate of drug-likeness (QED) is 0.573. The number of hydrogen-bond acceptors (Lipinski definition) is 5. The first-order valence-electron chi connectivity index (χ1n) is 12.1. The first-order valence-corrected chi connectivity index (χ1v) is 12.1. The van der Waals surface area contributed by atoms with Crippen LogP contribution in [-0.2, 0) is 11.3 Å². The Morgan fingerprint density at radius 1 is 1.15 bits per heavy atom. The van der Waals surface area contributed by atoms with Gasteiger partial charge in [-0.2, -0.15) is 5.10 Å². The van der Waals surface area contributed by atoms with Crippen molar-refractivity contribution in [3.8, 4) is 11.4 Å². The molecular weight excluding hydrogens is 428 g/mol. The molecule has 0 N–H and O–H groups in total. The molecule has 4 heterocycles. The van der Waals surface area contributed by atoms with Crippen molar-refractivity contribution in [2.45, 2.75) is 52.0 Å². The minimum Gasteiger partial charge on any atom is -0.495 e. The summed E-state index contributed by atoms with van der Waals surface area (Å²) in [6, 6.07) is 6.11. The summed E-state index contributed by atoms with van der Waals surface area (Å²) >= 11 is 0. The first kappa shape index (κ1) is 22.4. The van der Waals surface area contributed by atoms with Crippen molar-refractivity contribution in [3.05, 3.63) is 53.6 Å². The van der Waals surface area contributed by atoms with E-state index < -0.39 is 0 Å². The van der Waals surface area contributed by atoms with Crippen LogP contribution in [0, 0.1) is 12.8 Å². The van der Waals surface area contributed by atoms with Crippen LogP contribution in [0.4, 0.5) is 0 Å². The molecule has 1 aromatic carbocycles. The fraction of sp³-hybridized carbons (Fsp3) is 0.462. The van der Waals surface area contributed by atoms with Crippen LogP contribution < -0.4 is 4.74 Å². The van der Waals surface area contributed by atoms with Crippen molar-refractivity contribution in [1.29, 1.82) is 0 Å². The number of ether oxygens (including phenoxy) is 1. The van der Waals surface area contributed by atoms with Crippen molar-refractivity contribution in [3.63, 3.8) is 0 Å². The molecule has 1 fully saturated rings. The first-order chi connectivity index (χ1) is 16.5. The van der Waals surface area contributed by atoms with Gasteiger partial charge in [0.2, 0.25) is 5.91 Å². The summed E-state index contributed by atoms with van der Waals surface area (Å²) in [5, 5.41) is 4.78. The van der Waals surface area contributed by atoms with Gasteiger partial charge in [-0.3, -0.25) is 4.79 Å². The number of rotatable bonds is 5. The fourth-order valence-electron chi connectivity index (χ4n) is 5.27. The molecule has 8 heteroatoms. The third-order valence-electron chi connectivity index (χ3n) is 7.11. The van der Waals surface area contributed by atoms with E-state index in [2.05, 4.69) is 15.7 Å². The summed E-state index contributed by atoms with van der Waals surface area (Å²) in [6.45, 7) is 6.27. The van der Waals surface area contributed by atoms with E-state index in [0.29, 0.717) is 11.8 Å². The number of benzene rings is 1.